The summed E-state index contributed by atoms with van der Waals surface area (Å²) in [6.45, 7) is 1.37. The third-order valence-electron chi connectivity index (χ3n) is 3.73. The van der Waals surface area contributed by atoms with Gasteiger partial charge in [-0.3, -0.25) is 4.79 Å². The van der Waals surface area contributed by atoms with E-state index >= 15 is 0 Å². The molecule has 0 radical (unpaired) electrons. The molecule has 13 heteroatoms. The van der Waals surface area contributed by atoms with E-state index in [1.54, 1.807) is 0 Å². The van der Waals surface area contributed by atoms with E-state index < -0.39 is 51.2 Å². The lowest BCUT2D eigenvalue weighted by Gasteiger charge is -2.37. The van der Waals surface area contributed by atoms with Gasteiger partial charge in [-0.05, 0) is 36.2 Å². The molecule has 28 heavy (non-hydrogen) atoms. The van der Waals surface area contributed by atoms with Crippen molar-refractivity contribution in [2.24, 2.45) is 0 Å². The molecule has 2 rings (SSSR count). The van der Waals surface area contributed by atoms with E-state index in [9.17, 15) is 48.7 Å². The summed E-state index contributed by atoms with van der Waals surface area (Å²) in [6, 6.07) is 2.95. The summed E-state index contributed by atoms with van der Waals surface area (Å²) in [7, 11) is 0. The van der Waals surface area contributed by atoms with Gasteiger partial charge in [-0.25, -0.2) is 0 Å². The van der Waals surface area contributed by atoms with Gasteiger partial charge in [-0.2, -0.15) is 43.9 Å². The molecule has 1 heterocycles. The minimum Gasteiger partial charge on any atom is -0.454 e. The SMILES string of the molecule is Cc1ccc2c(=O)cc(C(F)(F)C(F)(F)C(F)(F)C(F)(F)C(F)(F)Cl)oc2c1. The van der Waals surface area contributed by atoms with Gasteiger partial charge in [-0.1, -0.05) is 6.07 Å². The highest BCUT2D eigenvalue weighted by Gasteiger charge is 2.87. The number of halogens is 11. The molecule has 0 fully saturated rings. The Bertz CT molecular complexity index is 961. The van der Waals surface area contributed by atoms with E-state index in [-0.39, 0.29) is 11.6 Å². The quantitative estimate of drug-likeness (QED) is 0.423. The van der Waals surface area contributed by atoms with Crippen molar-refractivity contribution in [1.29, 1.82) is 0 Å². The number of fused-ring (bicyclic) bond motifs is 1. The van der Waals surface area contributed by atoms with Crippen LogP contribution in [-0.4, -0.2) is 23.1 Å². The third-order valence-corrected chi connectivity index (χ3v) is 3.97. The number of hydrogen-bond acceptors (Lipinski definition) is 2. The number of benzene rings is 1. The fourth-order valence-corrected chi connectivity index (χ4v) is 2.26. The van der Waals surface area contributed by atoms with Crippen molar-refractivity contribution < 1.29 is 48.3 Å². The smallest absolute Gasteiger partial charge is 0.393 e. The van der Waals surface area contributed by atoms with Gasteiger partial charge in [-0.15, -0.1) is 0 Å². The second kappa shape index (κ2) is 6.26. The molecule has 156 valence electrons. The summed E-state index contributed by atoms with van der Waals surface area (Å²) in [4.78, 5) is 11.8. The van der Waals surface area contributed by atoms with Crippen LogP contribution in [0.25, 0.3) is 11.0 Å². The Morgan fingerprint density at radius 1 is 0.821 bits per heavy atom. The molecular weight excluding hydrogens is 438 g/mol. The van der Waals surface area contributed by atoms with Gasteiger partial charge in [0, 0.05) is 6.07 Å². The first-order valence-electron chi connectivity index (χ1n) is 7.01. The first-order chi connectivity index (χ1) is 12.4. The van der Waals surface area contributed by atoms with E-state index in [0.29, 0.717) is 0 Å². The fraction of sp³-hybridized carbons (Fsp3) is 0.400. The fourth-order valence-electron chi connectivity index (χ4n) is 2.14. The molecule has 0 amide bonds. The van der Waals surface area contributed by atoms with Crippen LogP contribution in [0.1, 0.15) is 11.3 Å². The summed E-state index contributed by atoms with van der Waals surface area (Å²) in [5.41, 5.74) is -1.85. The average Bonchev–Trinajstić information content (AvgIpc) is 2.52. The van der Waals surface area contributed by atoms with Crippen LogP contribution >= 0.6 is 11.6 Å². The van der Waals surface area contributed by atoms with Crippen molar-refractivity contribution in [3.63, 3.8) is 0 Å². The largest absolute Gasteiger partial charge is 0.454 e. The summed E-state index contributed by atoms with van der Waals surface area (Å²) < 4.78 is 138. The van der Waals surface area contributed by atoms with Crippen LogP contribution < -0.4 is 5.43 Å². The van der Waals surface area contributed by atoms with Crippen molar-refractivity contribution in [1.82, 2.24) is 0 Å². The molecule has 2 nitrogen and oxygen atoms in total. The van der Waals surface area contributed by atoms with Crippen molar-refractivity contribution in [2.75, 3.05) is 0 Å². The van der Waals surface area contributed by atoms with Crippen molar-refractivity contribution in [3.05, 3.63) is 45.8 Å². The van der Waals surface area contributed by atoms with E-state index in [4.69, 9.17) is 0 Å². The van der Waals surface area contributed by atoms with Gasteiger partial charge in [0.05, 0.1) is 5.39 Å². The Morgan fingerprint density at radius 3 is 1.86 bits per heavy atom. The summed E-state index contributed by atoms with van der Waals surface area (Å²) in [5.74, 6) is -30.3. The van der Waals surface area contributed by atoms with Crippen LogP contribution in [0.5, 0.6) is 0 Å². The molecule has 0 aliphatic carbocycles. The Labute approximate surface area is 153 Å². The molecule has 1 aromatic carbocycles. The number of hydrogen-bond donors (Lipinski definition) is 0. The first-order valence-corrected chi connectivity index (χ1v) is 7.38. The van der Waals surface area contributed by atoms with Gasteiger partial charge in [0.1, 0.15) is 5.58 Å². The lowest BCUT2D eigenvalue weighted by molar-refractivity contribution is -0.395. The third kappa shape index (κ3) is 3.01. The van der Waals surface area contributed by atoms with Crippen molar-refractivity contribution in [2.45, 2.75) is 36.0 Å². The molecule has 2 aromatic rings. The highest BCUT2D eigenvalue weighted by molar-refractivity contribution is 6.22. The second-order valence-corrected chi connectivity index (χ2v) is 6.24. The second-order valence-electron chi connectivity index (χ2n) is 5.77. The Hall–Kier alpha value is -1.98. The molecule has 0 unspecified atom stereocenters. The maximum absolute atomic E-state index is 14.1. The van der Waals surface area contributed by atoms with Gasteiger partial charge >= 0.3 is 29.1 Å². The Kier molecular flexibility index (Phi) is 4.99. The summed E-state index contributed by atoms with van der Waals surface area (Å²) >= 11 is 3.72. The monoisotopic (exact) mass is 444 g/mol. The number of aryl methyl sites for hydroxylation is 1. The van der Waals surface area contributed by atoms with Crippen LogP contribution in [0.4, 0.5) is 43.9 Å². The van der Waals surface area contributed by atoms with Crippen LogP contribution in [0.3, 0.4) is 0 Å². The van der Waals surface area contributed by atoms with E-state index in [0.717, 1.165) is 12.1 Å². The molecule has 0 saturated heterocycles. The van der Waals surface area contributed by atoms with E-state index in [1.807, 2.05) is 0 Å². The van der Waals surface area contributed by atoms with Gasteiger partial charge < -0.3 is 4.42 Å². The maximum Gasteiger partial charge on any atom is 0.393 e. The lowest BCUT2D eigenvalue weighted by atomic mass is 9.96. The minimum absolute atomic E-state index is 0.279. The summed E-state index contributed by atoms with van der Waals surface area (Å²) in [6.07, 6.45) is 0. The predicted molar refractivity (Wildman–Crippen MR) is 76.8 cm³/mol. The average molecular weight is 445 g/mol. The standard InChI is InChI=1S/C15H7ClF10O2/c1-6-2-3-7-8(27)5-10(28-9(7)4-6)11(17,18)12(19,20)13(21,22)14(23,24)15(16,25)26/h2-5H,1H3. The molecule has 0 saturated carbocycles. The number of alkyl halides is 11. The Morgan fingerprint density at radius 2 is 1.36 bits per heavy atom. The molecule has 0 aliphatic heterocycles. The van der Waals surface area contributed by atoms with Crippen LogP contribution in [-0.2, 0) is 5.92 Å². The van der Waals surface area contributed by atoms with Gasteiger partial charge in [0.2, 0.25) is 0 Å². The molecule has 0 aliphatic rings. The molecule has 0 atom stereocenters. The minimum atomic E-state index is -7.34. The van der Waals surface area contributed by atoms with Crippen LogP contribution in [0.15, 0.2) is 33.5 Å². The molecule has 0 spiro atoms. The maximum atomic E-state index is 14.1. The molecule has 0 N–H and O–H groups in total. The Balaban J connectivity index is 2.71. The van der Waals surface area contributed by atoms with Crippen LogP contribution in [0, 0.1) is 6.92 Å². The van der Waals surface area contributed by atoms with E-state index in [2.05, 4.69) is 16.0 Å². The number of rotatable bonds is 5. The highest BCUT2D eigenvalue weighted by Crippen LogP contribution is 2.60. The molecule has 1 aromatic heterocycles. The predicted octanol–water partition coefficient (Wildman–Crippen LogP) is 5.93. The van der Waals surface area contributed by atoms with Gasteiger partial charge in [0.15, 0.2) is 11.2 Å². The van der Waals surface area contributed by atoms with Crippen molar-refractivity contribution in [3.8, 4) is 0 Å². The zero-order valence-corrected chi connectivity index (χ0v) is 14.0. The van der Waals surface area contributed by atoms with Crippen LogP contribution in [0.2, 0.25) is 0 Å². The topological polar surface area (TPSA) is 30.2 Å². The molecule has 0 bridgehead atoms. The van der Waals surface area contributed by atoms with Gasteiger partial charge in [0.25, 0.3) is 0 Å². The summed E-state index contributed by atoms with van der Waals surface area (Å²) in [5, 5.41) is -6.70. The zero-order valence-electron chi connectivity index (χ0n) is 13.3. The highest BCUT2D eigenvalue weighted by atomic mass is 35.5. The first kappa shape index (κ1) is 22.3. The van der Waals surface area contributed by atoms with E-state index in [1.165, 1.54) is 13.0 Å². The normalized spacial score (nSPS) is 14.6. The van der Waals surface area contributed by atoms with Crippen molar-refractivity contribution >= 4 is 22.6 Å². The lowest BCUT2D eigenvalue weighted by Crippen LogP contribution is -2.65. The molecular formula is C15H7ClF10O2. The zero-order chi connectivity index (χ0) is 21.9.